The molecule has 0 aromatic carbocycles. The van der Waals surface area contributed by atoms with E-state index in [9.17, 15) is 14.4 Å². The third kappa shape index (κ3) is 1.77. The maximum absolute atomic E-state index is 11.2. The van der Waals surface area contributed by atoms with Gasteiger partial charge in [-0.2, -0.15) is 0 Å². The van der Waals surface area contributed by atoms with Crippen molar-refractivity contribution in [2.24, 2.45) is 0 Å². The molecule has 0 aliphatic rings. The summed E-state index contributed by atoms with van der Waals surface area (Å²) >= 11 is 3.66. The van der Waals surface area contributed by atoms with Gasteiger partial charge < -0.3 is 0 Å². The van der Waals surface area contributed by atoms with Crippen molar-refractivity contribution >= 4 is 62.2 Å². The van der Waals surface area contributed by atoms with Gasteiger partial charge in [-0.3, -0.25) is 0 Å². The van der Waals surface area contributed by atoms with Crippen molar-refractivity contribution in [1.29, 1.82) is 0 Å². The van der Waals surface area contributed by atoms with Crippen LogP contribution in [-0.2, 0) is 18.2 Å². The van der Waals surface area contributed by atoms with E-state index in [0.717, 1.165) is 0 Å². The molecule has 0 rings (SSSR count). The number of carbonyl (C=O) groups is 3. The Kier molecular flexibility index (Phi) is 3.55. The molecule has 0 saturated heterocycles. The second-order valence-electron chi connectivity index (χ2n) is 3.59. The van der Waals surface area contributed by atoms with Crippen LogP contribution in [0.2, 0.25) is 0 Å². The molecule has 0 radical (unpaired) electrons. The van der Waals surface area contributed by atoms with Crippen molar-refractivity contribution in [3.63, 3.8) is 0 Å². The molecule has 0 aliphatic carbocycles. The van der Waals surface area contributed by atoms with E-state index in [1.54, 1.807) is 0 Å². The Morgan fingerprint density at radius 1 is 0.923 bits per heavy atom. The van der Waals surface area contributed by atoms with Crippen LogP contribution in [-0.4, -0.2) is 35.5 Å². The Bertz CT molecular complexity index is 263. The van der Waals surface area contributed by atoms with E-state index >= 15 is 0 Å². The molecule has 7 heteroatoms. The van der Waals surface area contributed by atoms with Gasteiger partial charge in [0.15, 0.2) is 0 Å². The van der Waals surface area contributed by atoms with Crippen molar-refractivity contribution in [3.05, 3.63) is 0 Å². The molecule has 0 spiro atoms. The van der Waals surface area contributed by atoms with Crippen LogP contribution < -0.4 is 0 Å². The zero-order valence-electron chi connectivity index (χ0n) is 7.57. The Morgan fingerprint density at radius 3 is 1.15 bits per heavy atom. The average molecular weight is 474 g/mol. The van der Waals surface area contributed by atoms with Gasteiger partial charge in [0.2, 0.25) is 0 Å². The summed E-state index contributed by atoms with van der Waals surface area (Å²) in [4.78, 5) is 33.6. The zero-order chi connectivity index (χ0) is 11.0. The van der Waals surface area contributed by atoms with Crippen LogP contribution in [0.1, 0.15) is 0 Å². The first-order chi connectivity index (χ1) is 5.51. The Morgan fingerprint density at radius 2 is 1.15 bits per heavy atom. The van der Waals surface area contributed by atoms with Crippen LogP contribution >= 0.6 is 46.6 Å². The van der Waals surface area contributed by atoms with E-state index in [-0.39, 0.29) is 0 Å². The van der Waals surface area contributed by atoms with Gasteiger partial charge in [0.05, 0.1) is 0 Å². The van der Waals surface area contributed by atoms with E-state index in [1.807, 2.05) is 60.7 Å². The summed E-state index contributed by atoms with van der Waals surface area (Å²) in [5, 5.41) is 1.86. The number of rotatable bonds is 4. The van der Waals surface area contributed by atoms with E-state index in [0.29, 0.717) is 15.6 Å². The first kappa shape index (κ1) is 14.4. The second-order valence-corrected chi connectivity index (χ2v) is 50.6. The molecule has 0 N–H and O–H groups in total. The fourth-order valence-corrected chi connectivity index (χ4v) is 4.88. The van der Waals surface area contributed by atoms with E-state index < -0.39 is 9.74 Å². The van der Waals surface area contributed by atoms with Crippen molar-refractivity contribution in [2.45, 2.75) is 0 Å². The molecule has 0 aromatic heterocycles. The quantitative estimate of drug-likeness (QED) is 0.272. The molecule has 0 heterocycles. The number of carbonyl (C=O) groups excluding carboxylic acids is 3. The predicted molar refractivity (Wildman–Crippen MR) is 74.4 cm³/mol. The number of halogens is 2. The molecule has 0 saturated carbocycles. The fraction of sp³-hybridized carbons (Fsp3) is 0.500. The molecule has 0 bridgehead atoms. The van der Waals surface area contributed by atoms with Gasteiger partial charge in [-0.25, -0.2) is 0 Å². The van der Waals surface area contributed by atoms with Gasteiger partial charge in [-0.15, -0.1) is 0 Å². The normalized spacial score (nSPS) is 19.5. The summed E-state index contributed by atoms with van der Waals surface area (Å²) in [6.07, 6.45) is 0. The minimum absolute atomic E-state index is 0.618. The van der Waals surface area contributed by atoms with E-state index in [4.69, 9.17) is 0 Å². The average Bonchev–Trinajstić information content (AvgIpc) is 2.04. The zero-order valence-corrected chi connectivity index (χ0v) is 14.0. The standard InChI is InChI=1S/C3H9P.3CHO.Fe.2HI/c1-4(2)3;3*1-2;;;/h1-3H3;3*1H;;2*1H/q;;;;+1;;/p-1. The Balaban J connectivity index is 6.16. The SMILES string of the molecule is C[PH](C)(C)[Fe]([I])([I])([CH]=O)([CH]=O)[CH]=O. The summed E-state index contributed by atoms with van der Waals surface area (Å²) in [6.45, 7) is 5.63. The summed E-state index contributed by atoms with van der Waals surface area (Å²) in [6, 6.07) is 0. The monoisotopic (exact) mass is 474 g/mol. The molecule has 82 valence electrons. The second kappa shape index (κ2) is 3.20. The van der Waals surface area contributed by atoms with Gasteiger partial charge in [-0.05, 0) is 0 Å². The van der Waals surface area contributed by atoms with Gasteiger partial charge in [-0.1, -0.05) is 0 Å². The molecule has 0 fully saturated rings. The van der Waals surface area contributed by atoms with Gasteiger partial charge in [0.1, 0.15) is 0 Å². The maximum atomic E-state index is 11.2. The van der Waals surface area contributed by atoms with Crippen LogP contribution in [0.4, 0.5) is 0 Å². The van der Waals surface area contributed by atoms with Crippen LogP contribution in [0.25, 0.3) is 0 Å². The third-order valence-corrected chi connectivity index (χ3v) is 52.6. The summed E-state index contributed by atoms with van der Waals surface area (Å²) < 4.78 is -4.15. The van der Waals surface area contributed by atoms with Gasteiger partial charge >= 0.3 is 100 Å². The third-order valence-electron chi connectivity index (χ3n) is 1.92. The molecule has 0 atom stereocenters. The Hall–Kier alpha value is 1.42. The molecule has 0 aliphatic heterocycles. The van der Waals surface area contributed by atoms with Crippen LogP contribution in [0.5, 0.6) is 0 Å². The molecular formula is C6H13FeI2O3P. The van der Waals surface area contributed by atoms with Crippen molar-refractivity contribution in [2.75, 3.05) is 20.0 Å². The van der Waals surface area contributed by atoms with Crippen LogP contribution in [0.15, 0.2) is 0 Å². The molecule has 13 heavy (non-hydrogen) atoms. The molecule has 0 aromatic rings. The predicted octanol–water partition coefficient (Wildman–Crippen LogP) is 2.04. The van der Waals surface area contributed by atoms with Crippen LogP contribution in [0, 0.1) is 0 Å². The number of hydrogen-bond acceptors (Lipinski definition) is 3. The molecular weight excluding hydrogens is 461 g/mol. The summed E-state index contributed by atoms with van der Waals surface area (Å²) in [7, 11) is 0. The molecule has 3 nitrogen and oxygen atoms in total. The van der Waals surface area contributed by atoms with Crippen LogP contribution in [0.3, 0.4) is 0 Å². The fourth-order valence-electron chi connectivity index (χ4n) is 0.434. The van der Waals surface area contributed by atoms with E-state index in [2.05, 4.69) is 0 Å². The topological polar surface area (TPSA) is 51.2 Å². The first-order valence-electron chi connectivity index (χ1n) is 3.26. The summed E-state index contributed by atoms with van der Waals surface area (Å²) in [5.74, 6) is -2.17. The molecule has 0 unspecified atom stereocenters. The minimum atomic E-state index is -4.15. The first-order valence-corrected chi connectivity index (χ1v) is 17.3. The van der Waals surface area contributed by atoms with Gasteiger partial charge in [0.25, 0.3) is 0 Å². The van der Waals surface area contributed by atoms with Gasteiger partial charge in [0, 0.05) is 0 Å². The van der Waals surface area contributed by atoms with Crippen molar-refractivity contribution < 1.29 is 18.2 Å². The van der Waals surface area contributed by atoms with E-state index in [1.165, 1.54) is 0 Å². The Labute approximate surface area is 99.1 Å². The number of hydrogen-bond donors (Lipinski definition) is 0. The summed E-state index contributed by atoms with van der Waals surface area (Å²) in [5.41, 5.74) is 0. The van der Waals surface area contributed by atoms with Crippen molar-refractivity contribution in [1.82, 2.24) is 0 Å². The van der Waals surface area contributed by atoms with Crippen molar-refractivity contribution in [3.8, 4) is 0 Å². The molecule has 0 amide bonds.